The monoisotopic (exact) mass is 247 g/mol. The Morgan fingerprint density at radius 1 is 1.22 bits per heavy atom. The smallest absolute Gasteiger partial charge is 0.172 e. The molecule has 0 bridgehead atoms. The number of hydrogen-bond acceptors (Lipinski definition) is 3. The Morgan fingerprint density at radius 2 is 1.89 bits per heavy atom. The van der Waals surface area contributed by atoms with Gasteiger partial charge in [-0.15, -0.1) is 0 Å². The van der Waals surface area contributed by atoms with E-state index in [4.69, 9.17) is 10.9 Å². The lowest BCUT2D eigenvalue weighted by molar-refractivity contribution is 0.318. The van der Waals surface area contributed by atoms with Crippen molar-refractivity contribution >= 4 is 11.5 Å². The van der Waals surface area contributed by atoms with Gasteiger partial charge in [-0.05, 0) is 31.9 Å². The summed E-state index contributed by atoms with van der Waals surface area (Å²) in [7, 11) is 0. The number of amidine groups is 1. The summed E-state index contributed by atoms with van der Waals surface area (Å²) in [6.45, 7) is 4.11. The van der Waals surface area contributed by atoms with Gasteiger partial charge >= 0.3 is 0 Å². The van der Waals surface area contributed by atoms with Crippen LogP contribution in [0.15, 0.2) is 23.4 Å². The van der Waals surface area contributed by atoms with Gasteiger partial charge in [0, 0.05) is 24.3 Å². The van der Waals surface area contributed by atoms with E-state index in [1.807, 2.05) is 13.0 Å². The number of nitrogens with zero attached hydrogens (tertiary/aromatic N) is 2. The highest BCUT2D eigenvalue weighted by atomic mass is 16.4. The molecule has 4 nitrogen and oxygen atoms in total. The third-order valence-electron chi connectivity index (χ3n) is 3.48. The zero-order valence-corrected chi connectivity index (χ0v) is 10.9. The Hall–Kier alpha value is -1.71. The van der Waals surface area contributed by atoms with Crippen molar-refractivity contribution in [2.45, 2.75) is 32.6 Å². The molecule has 1 heterocycles. The molecule has 98 valence electrons. The van der Waals surface area contributed by atoms with Crippen LogP contribution in [-0.2, 0) is 0 Å². The zero-order chi connectivity index (χ0) is 13.0. The van der Waals surface area contributed by atoms with Crippen LogP contribution in [0, 0.1) is 6.92 Å². The summed E-state index contributed by atoms with van der Waals surface area (Å²) in [6, 6.07) is 6.14. The normalized spacial score (nSPS) is 17.6. The predicted molar refractivity (Wildman–Crippen MR) is 74.4 cm³/mol. The Balaban J connectivity index is 2.36. The Morgan fingerprint density at radius 3 is 2.50 bits per heavy atom. The second-order valence-electron chi connectivity index (χ2n) is 4.91. The van der Waals surface area contributed by atoms with E-state index < -0.39 is 0 Å². The Bertz CT molecular complexity index is 435. The first-order valence-corrected chi connectivity index (χ1v) is 6.56. The first-order chi connectivity index (χ1) is 8.72. The molecule has 0 aromatic heterocycles. The molecule has 0 atom stereocenters. The molecule has 0 radical (unpaired) electrons. The van der Waals surface area contributed by atoms with Crippen molar-refractivity contribution in [3.05, 3.63) is 29.3 Å². The van der Waals surface area contributed by atoms with E-state index in [0.29, 0.717) is 0 Å². The van der Waals surface area contributed by atoms with Gasteiger partial charge in [-0.1, -0.05) is 29.6 Å². The van der Waals surface area contributed by atoms with E-state index in [-0.39, 0.29) is 5.84 Å². The molecular weight excluding hydrogens is 226 g/mol. The fourth-order valence-electron chi connectivity index (χ4n) is 2.50. The number of benzene rings is 1. The minimum absolute atomic E-state index is 0.193. The summed E-state index contributed by atoms with van der Waals surface area (Å²) >= 11 is 0. The molecule has 0 spiro atoms. The molecule has 1 aromatic rings. The molecule has 3 N–H and O–H groups in total. The lowest BCUT2D eigenvalue weighted by Gasteiger charge is -2.25. The van der Waals surface area contributed by atoms with E-state index in [1.165, 1.54) is 25.7 Å². The van der Waals surface area contributed by atoms with Crippen molar-refractivity contribution < 1.29 is 5.21 Å². The second kappa shape index (κ2) is 5.76. The maximum Gasteiger partial charge on any atom is 0.172 e. The van der Waals surface area contributed by atoms with Gasteiger partial charge in [0.05, 0.1) is 0 Å². The molecule has 2 rings (SSSR count). The van der Waals surface area contributed by atoms with E-state index in [1.54, 1.807) is 0 Å². The predicted octanol–water partition coefficient (Wildman–Crippen LogP) is 2.47. The quantitative estimate of drug-likeness (QED) is 0.365. The van der Waals surface area contributed by atoms with Gasteiger partial charge < -0.3 is 15.8 Å². The molecule has 0 aliphatic carbocycles. The largest absolute Gasteiger partial charge is 0.409 e. The molecular formula is C14H21N3O. The maximum atomic E-state index is 8.90. The molecule has 1 fully saturated rings. The molecule has 1 aromatic carbocycles. The summed E-state index contributed by atoms with van der Waals surface area (Å²) < 4.78 is 0. The molecule has 0 unspecified atom stereocenters. The molecule has 1 aliphatic heterocycles. The number of nitrogens with two attached hydrogens (primary N) is 1. The van der Waals surface area contributed by atoms with Crippen LogP contribution in [0.5, 0.6) is 0 Å². The first kappa shape index (κ1) is 12.7. The fraction of sp³-hybridized carbons (Fsp3) is 0.500. The Kier molecular flexibility index (Phi) is 4.07. The van der Waals surface area contributed by atoms with Crippen LogP contribution >= 0.6 is 0 Å². The van der Waals surface area contributed by atoms with Gasteiger partial charge in [-0.2, -0.15) is 0 Å². The molecule has 4 heteroatoms. The van der Waals surface area contributed by atoms with Crippen molar-refractivity contribution in [1.82, 2.24) is 0 Å². The van der Waals surface area contributed by atoms with Crippen LogP contribution < -0.4 is 10.6 Å². The topological polar surface area (TPSA) is 61.8 Å². The first-order valence-electron chi connectivity index (χ1n) is 6.56. The van der Waals surface area contributed by atoms with Gasteiger partial charge in [0.15, 0.2) is 5.84 Å². The average Bonchev–Trinajstić information content (AvgIpc) is 2.66. The standard InChI is InChI=1S/C14H21N3O/c1-11-6-7-13(12(10-11)14(15)16-18)17-8-4-2-3-5-9-17/h6-7,10,18H,2-5,8-9H2,1H3,(H2,15,16). The van der Waals surface area contributed by atoms with Crippen LogP contribution in [0.3, 0.4) is 0 Å². The van der Waals surface area contributed by atoms with Crippen molar-refractivity contribution in [1.29, 1.82) is 0 Å². The van der Waals surface area contributed by atoms with E-state index in [9.17, 15) is 0 Å². The van der Waals surface area contributed by atoms with Gasteiger partial charge in [-0.25, -0.2) is 0 Å². The second-order valence-corrected chi connectivity index (χ2v) is 4.91. The van der Waals surface area contributed by atoms with E-state index in [2.05, 4.69) is 22.2 Å². The van der Waals surface area contributed by atoms with Crippen LogP contribution in [0.25, 0.3) is 0 Å². The van der Waals surface area contributed by atoms with Crippen LogP contribution in [0.4, 0.5) is 5.69 Å². The van der Waals surface area contributed by atoms with Crippen LogP contribution in [0.2, 0.25) is 0 Å². The lowest BCUT2D eigenvalue weighted by atomic mass is 10.1. The Labute approximate surface area is 108 Å². The summed E-state index contributed by atoms with van der Waals surface area (Å²) in [5, 5.41) is 12.0. The zero-order valence-electron chi connectivity index (χ0n) is 10.9. The van der Waals surface area contributed by atoms with Crippen molar-refractivity contribution in [2.24, 2.45) is 10.9 Å². The number of anilines is 1. The van der Waals surface area contributed by atoms with Gasteiger partial charge in [0.1, 0.15) is 0 Å². The summed E-state index contributed by atoms with van der Waals surface area (Å²) in [4.78, 5) is 2.35. The van der Waals surface area contributed by atoms with E-state index >= 15 is 0 Å². The highest BCUT2D eigenvalue weighted by Gasteiger charge is 2.15. The average molecular weight is 247 g/mol. The summed E-state index contributed by atoms with van der Waals surface area (Å²) in [6.07, 6.45) is 5.01. The molecule has 18 heavy (non-hydrogen) atoms. The maximum absolute atomic E-state index is 8.90. The van der Waals surface area contributed by atoms with Crippen LogP contribution in [-0.4, -0.2) is 24.1 Å². The molecule has 0 amide bonds. The number of oxime groups is 1. The molecule has 0 saturated carbocycles. The number of hydrogen-bond donors (Lipinski definition) is 2. The van der Waals surface area contributed by atoms with E-state index in [0.717, 1.165) is 29.9 Å². The third kappa shape index (κ3) is 2.75. The van der Waals surface area contributed by atoms with Gasteiger partial charge in [0.2, 0.25) is 0 Å². The number of aryl methyl sites for hydroxylation is 1. The SMILES string of the molecule is Cc1ccc(N2CCCCCC2)c(/C(N)=N/O)c1. The van der Waals surface area contributed by atoms with Crippen molar-refractivity contribution in [2.75, 3.05) is 18.0 Å². The summed E-state index contributed by atoms with van der Waals surface area (Å²) in [5.41, 5.74) is 8.82. The van der Waals surface area contributed by atoms with Gasteiger partial charge in [0.25, 0.3) is 0 Å². The molecule has 1 aliphatic rings. The third-order valence-corrected chi connectivity index (χ3v) is 3.48. The highest BCUT2D eigenvalue weighted by Crippen LogP contribution is 2.24. The summed E-state index contributed by atoms with van der Waals surface area (Å²) in [5.74, 6) is 0.193. The van der Waals surface area contributed by atoms with Gasteiger partial charge in [-0.3, -0.25) is 0 Å². The lowest BCUT2D eigenvalue weighted by Crippen LogP contribution is -2.27. The highest BCUT2D eigenvalue weighted by molar-refractivity contribution is 6.02. The van der Waals surface area contributed by atoms with Crippen LogP contribution in [0.1, 0.15) is 36.8 Å². The minimum Gasteiger partial charge on any atom is -0.409 e. The van der Waals surface area contributed by atoms with Crippen molar-refractivity contribution in [3.63, 3.8) is 0 Å². The van der Waals surface area contributed by atoms with Crippen molar-refractivity contribution in [3.8, 4) is 0 Å². The fourth-order valence-corrected chi connectivity index (χ4v) is 2.50. The number of rotatable bonds is 2. The minimum atomic E-state index is 0.193. The molecule has 1 saturated heterocycles.